The van der Waals surface area contributed by atoms with Crippen LogP contribution in [0.25, 0.3) is 0 Å². The molecule has 1 heterocycles. The zero-order valence-electron chi connectivity index (χ0n) is 11.3. The monoisotopic (exact) mass is 298 g/mol. The quantitative estimate of drug-likeness (QED) is 0.946. The fraction of sp³-hybridized carbons (Fsp3) is 0.286. The molecule has 0 saturated carbocycles. The van der Waals surface area contributed by atoms with E-state index in [4.69, 9.17) is 4.74 Å². The number of benzene rings is 1. The van der Waals surface area contributed by atoms with Crippen molar-refractivity contribution in [2.24, 2.45) is 0 Å². The molecule has 21 heavy (non-hydrogen) atoms. The maximum atomic E-state index is 12.6. The van der Waals surface area contributed by atoms with Crippen LogP contribution >= 0.6 is 0 Å². The summed E-state index contributed by atoms with van der Waals surface area (Å²) in [5, 5.41) is 10.3. The van der Waals surface area contributed by atoms with Crippen molar-refractivity contribution in [2.75, 3.05) is 7.11 Å². The molecule has 112 valence electrons. The number of nitrogens with zero attached hydrogens (tertiary/aromatic N) is 2. The average Bonchev–Trinajstić information content (AvgIpc) is 2.45. The Bertz CT molecular complexity index is 644. The van der Waals surface area contributed by atoms with Gasteiger partial charge in [-0.1, -0.05) is 6.07 Å². The number of aliphatic hydroxyl groups excluding tert-OH is 1. The average molecular weight is 298 g/mol. The van der Waals surface area contributed by atoms with Gasteiger partial charge in [-0.15, -0.1) is 0 Å². The highest BCUT2D eigenvalue weighted by atomic mass is 19.4. The second kappa shape index (κ2) is 5.69. The van der Waals surface area contributed by atoms with Gasteiger partial charge in [0.05, 0.1) is 18.4 Å². The number of halogens is 3. The second-order valence-electron chi connectivity index (χ2n) is 4.46. The van der Waals surface area contributed by atoms with Crippen LogP contribution in [0.15, 0.2) is 30.6 Å². The molecule has 0 bridgehead atoms. The van der Waals surface area contributed by atoms with Crippen molar-refractivity contribution in [3.05, 3.63) is 53.0 Å². The number of hydrogen-bond acceptors (Lipinski definition) is 4. The Morgan fingerprint density at radius 3 is 2.48 bits per heavy atom. The summed E-state index contributed by atoms with van der Waals surface area (Å²) in [6.45, 7) is 1.51. The van der Waals surface area contributed by atoms with Crippen molar-refractivity contribution in [3.8, 4) is 5.88 Å². The maximum Gasteiger partial charge on any atom is 0.416 e. The molecule has 0 aliphatic carbocycles. The minimum atomic E-state index is -4.41. The van der Waals surface area contributed by atoms with E-state index in [1.54, 1.807) is 0 Å². The lowest BCUT2D eigenvalue weighted by molar-refractivity contribution is -0.137. The number of aromatic nitrogens is 2. The van der Waals surface area contributed by atoms with Gasteiger partial charge in [0, 0.05) is 6.07 Å². The predicted molar refractivity (Wildman–Crippen MR) is 68.8 cm³/mol. The summed E-state index contributed by atoms with van der Waals surface area (Å²) in [4.78, 5) is 7.72. The van der Waals surface area contributed by atoms with Gasteiger partial charge >= 0.3 is 6.18 Å². The molecule has 1 N–H and O–H groups in total. The Morgan fingerprint density at radius 2 is 1.90 bits per heavy atom. The van der Waals surface area contributed by atoms with Gasteiger partial charge in [-0.2, -0.15) is 13.2 Å². The lowest BCUT2D eigenvalue weighted by Crippen LogP contribution is -2.09. The van der Waals surface area contributed by atoms with Crippen LogP contribution in [0.5, 0.6) is 5.88 Å². The fourth-order valence-corrected chi connectivity index (χ4v) is 1.93. The number of alkyl halides is 3. The summed E-state index contributed by atoms with van der Waals surface area (Å²) in [6, 6.07) is 4.61. The molecule has 0 amide bonds. The standard InChI is InChI=1S/C14H13F3N2O2/c1-8-5-9(14(15,16)17)3-4-10(8)13(20)11-6-12(21-2)19-7-18-11/h3-7,13,20H,1-2H3. The summed E-state index contributed by atoms with van der Waals surface area (Å²) >= 11 is 0. The van der Waals surface area contributed by atoms with E-state index in [0.29, 0.717) is 11.1 Å². The molecule has 0 saturated heterocycles. The van der Waals surface area contributed by atoms with Gasteiger partial charge in [0.15, 0.2) is 0 Å². The topological polar surface area (TPSA) is 55.2 Å². The Labute approximate surface area is 119 Å². The van der Waals surface area contributed by atoms with Gasteiger partial charge in [-0.3, -0.25) is 0 Å². The molecule has 2 rings (SSSR count). The molecule has 0 radical (unpaired) electrons. The molecule has 1 aromatic carbocycles. The molecular weight excluding hydrogens is 285 g/mol. The molecule has 1 unspecified atom stereocenters. The number of hydrogen-bond donors (Lipinski definition) is 1. The number of ether oxygens (including phenoxy) is 1. The van der Waals surface area contributed by atoms with Gasteiger partial charge in [0.1, 0.15) is 12.4 Å². The first-order valence-electron chi connectivity index (χ1n) is 6.04. The van der Waals surface area contributed by atoms with Crippen LogP contribution in [0.1, 0.15) is 28.5 Å². The van der Waals surface area contributed by atoms with E-state index < -0.39 is 17.8 Å². The van der Waals surface area contributed by atoms with Crippen LogP contribution in [0.4, 0.5) is 13.2 Å². The molecule has 0 aliphatic heterocycles. The van der Waals surface area contributed by atoms with E-state index in [-0.39, 0.29) is 11.6 Å². The minimum Gasteiger partial charge on any atom is -0.481 e. The number of rotatable bonds is 3. The SMILES string of the molecule is COc1cc(C(O)c2ccc(C(F)(F)F)cc2C)ncn1. The van der Waals surface area contributed by atoms with Crippen LogP contribution < -0.4 is 4.74 Å². The first kappa shape index (κ1) is 15.2. The third-order valence-electron chi connectivity index (χ3n) is 3.04. The van der Waals surface area contributed by atoms with Gasteiger partial charge < -0.3 is 9.84 Å². The summed E-state index contributed by atoms with van der Waals surface area (Å²) < 4.78 is 42.8. The number of aliphatic hydroxyl groups is 1. The lowest BCUT2D eigenvalue weighted by atomic mass is 9.98. The van der Waals surface area contributed by atoms with E-state index in [0.717, 1.165) is 12.1 Å². The van der Waals surface area contributed by atoms with Gasteiger partial charge in [-0.25, -0.2) is 9.97 Å². The van der Waals surface area contributed by atoms with Crippen molar-refractivity contribution in [2.45, 2.75) is 19.2 Å². The zero-order chi connectivity index (χ0) is 15.6. The summed E-state index contributed by atoms with van der Waals surface area (Å²) in [5.41, 5.74) is 0.180. The smallest absolute Gasteiger partial charge is 0.416 e. The summed E-state index contributed by atoms with van der Waals surface area (Å²) in [5.74, 6) is 0.267. The second-order valence-corrected chi connectivity index (χ2v) is 4.46. The molecule has 7 heteroatoms. The molecule has 0 spiro atoms. The summed E-state index contributed by atoms with van der Waals surface area (Å²) in [6.07, 6.45) is -4.34. The van der Waals surface area contributed by atoms with E-state index in [1.165, 1.54) is 32.5 Å². The van der Waals surface area contributed by atoms with E-state index in [1.807, 2.05) is 0 Å². The largest absolute Gasteiger partial charge is 0.481 e. The van der Waals surface area contributed by atoms with E-state index in [2.05, 4.69) is 9.97 Å². The van der Waals surface area contributed by atoms with Crippen LogP contribution in [0, 0.1) is 6.92 Å². The van der Waals surface area contributed by atoms with Crippen molar-refractivity contribution >= 4 is 0 Å². The van der Waals surface area contributed by atoms with Crippen LogP contribution in [-0.2, 0) is 6.18 Å². The number of aryl methyl sites for hydroxylation is 1. The molecule has 0 fully saturated rings. The van der Waals surface area contributed by atoms with Crippen molar-refractivity contribution in [1.82, 2.24) is 9.97 Å². The molecule has 1 aromatic heterocycles. The van der Waals surface area contributed by atoms with Gasteiger partial charge in [-0.05, 0) is 30.2 Å². The molecule has 1 atom stereocenters. The van der Waals surface area contributed by atoms with Gasteiger partial charge in [0.25, 0.3) is 0 Å². The van der Waals surface area contributed by atoms with Crippen LogP contribution in [0.2, 0.25) is 0 Å². The minimum absolute atomic E-state index is 0.254. The first-order chi connectivity index (χ1) is 9.82. The number of methoxy groups -OCH3 is 1. The molecule has 4 nitrogen and oxygen atoms in total. The highest BCUT2D eigenvalue weighted by molar-refractivity contribution is 5.37. The molecule has 0 aliphatic rings. The van der Waals surface area contributed by atoms with Gasteiger partial charge in [0.2, 0.25) is 5.88 Å². The summed E-state index contributed by atoms with van der Waals surface area (Å²) in [7, 11) is 1.42. The Morgan fingerprint density at radius 1 is 1.19 bits per heavy atom. The maximum absolute atomic E-state index is 12.6. The first-order valence-corrected chi connectivity index (χ1v) is 6.04. The van der Waals surface area contributed by atoms with Crippen LogP contribution in [-0.4, -0.2) is 22.2 Å². The van der Waals surface area contributed by atoms with Crippen molar-refractivity contribution in [1.29, 1.82) is 0 Å². The molecular formula is C14H13F3N2O2. The zero-order valence-corrected chi connectivity index (χ0v) is 11.3. The third-order valence-corrected chi connectivity index (χ3v) is 3.04. The van der Waals surface area contributed by atoms with Crippen molar-refractivity contribution < 1.29 is 23.0 Å². The Hall–Kier alpha value is -2.15. The molecule has 2 aromatic rings. The lowest BCUT2D eigenvalue weighted by Gasteiger charge is -2.15. The highest BCUT2D eigenvalue weighted by Crippen LogP contribution is 2.32. The normalized spacial score (nSPS) is 13.0. The Kier molecular flexibility index (Phi) is 4.13. The Balaban J connectivity index is 2.37. The predicted octanol–water partition coefficient (Wildman–Crippen LogP) is 2.89. The fourth-order valence-electron chi connectivity index (χ4n) is 1.93. The van der Waals surface area contributed by atoms with E-state index in [9.17, 15) is 18.3 Å². The van der Waals surface area contributed by atoms with E-state index >= 15 is 0 Å². The third kappa shape index (κ3) is 3.30. The highest BCUT2D eigenvalue weighted by Gasteiger charge is 2.31. The van der Waals surface area contributed by atoms with Crippen molar-refractivity contribution in [3.63, 3.8) is 0 Å². The van der Waals surface area contributed by atoms with Crippen LogP contribution in [0.3, 0.4) is 0 Å².